The summed E-state index contributed by atoms with van der Waals surface area (Å²) in [7, 11) is -2.58. The van der Waals surface area contributed by atoms with Gasteiger partial charge in [-0.05, 0) is 55.7 Å². The fraction of sp³-hybridized carbons (Fsp3) is 0.381. The summed E-state index contributed by atoms with van der Waals surface area (Å²) in [6.07, 6.45) is -3.78. The zero-order chi connectivity index (χ0) is 23.7. The van der Waals surface area contributed by atoms with Gasteiger partial charge in [0.1, 0.15) is 10.6 Å². The molecule has 32 heavy (non-hydrogen) atoms. The molecule has 2 aromatic carbocycles. The highest BCUT2D eigenvalue weighted by atomic mass is 35.5. The van der Waals surface area contributed by atoms with Gasteiger partial charge in [-0.2, -0.15) is 17.5 Å². The standard InChI is InChI=1S/C21H22ClF3N2O4S/c1-13-5-8-18(31-2)19(10-13)32(29,30)27-9-3-4-14(12-27)20(28)26-17-11-15(21(23,24)25)6-7-16(17)22/h5-8,10-11,14H,3-4,9,12H2,1-2H3,(H,26,28)/t14-/m0/s1. The molecule has 6 nitrogen and oxygen atoms in total. The van der Waals surface area contributed by atoms with Crippen LogP contribution in [-0.2, 0) is 21.0 Å². The minimum atomic E-state index is -4.59. The molecule has 2 aromatic rings. The highest BCUT2D eigenvalue weighted by molar-refractivity contribution is 7.89. The number of amides is 1. The molecule has 0 unspecified atom stereocenters. The van der Waals surface area contributed by atoms with Crippen molar-refractivity contribution in [1.29, 1.82) is 0 Å². The summed E-state index contributed by atoms with van der Waals surface area (Å²) in [6.45, 7) is 1.86. The minimum Gasteiger partial charge on any atom is -0.495 e. The van der Waals surface area contributed by atoms with E-state index < -0.39 is 33.6 Å². The molecule has 1 fully saturated rings. The normalized spacial score (nSPS) is 17.8. The Labute approximate surface area is 189 Å². The number of sulfonamides is 1. The van der Waals surface area contributed by atoms with Gasteiger partial charge in [0.25, 0.3) is 0 Å². The van der Waals surface area contributed by atoms with Crippen LogP contribution in [0.25, 0.3) is 0 Å². The first-order valence-electron chi connectivity index (χ1n) is 9.76. The van der Waals surface area contributed by atoms with Crippen LogP contribution >= 0.6 is 11.6 Å². The van der Waals surface area contributed by atoms with Crippen molar-refractivity contribution in [3.05, 3.63) is 52.5 Å². The first kappa shape index (κ1) is 24.3. The Balaban J connectivity index is 1.81. The summed E-state index contributed by atoms with van der Waals surface area (Å²) in [5.41, 5.74) is -0.390. The summed E-state index contributed by atoms with van der Waals surface area (Å²) in [5.74, 6) is -1.15. The molecule has 0 bridgehead atoms. The molecule has 1 atom stereocenters. The fourth-order valence-electron chi connectivity index (χ4n) is 3.53. The first-order chi connectivity index (χ1) is 14.9. The molecule has 0 radical (unpaired) electrons. The van der Waals surface area contributed by atoms with Crippen LogP contribution in [0.15, 0.2) is 41.3 Å². The molecule has 174 valence electrons. The topological polar surface area (TPSA) is 75.7 Å². The third kappa shape index (κ3) is 5.19. The van der Waals surface area contributed by atoms with Crippen molar-refractivity contribution < 1.29 is 31.1 Å². The van der Waals surface area contributed by atoms with E-state index in [-0.39, 0.29) is 34.4 Å². The van der Waals surface area contributed by atoms with Gasteiger partial charge in [-0.1, -0.05) is 17.7 Å². The van der Waals surface area contributed by atoms with Gasteiger partial charge in [0.05, 0.1) is 29.3 Å². The number of halogens is 4. The number of hydrogen-bond donors (Lipinski definition) is 1. The van der Waals surface area contributed by atoms with Gasteiger partial charge in [0, 0.05) is 13.1 Å². The van der Waals surface area contributed by atoms with E-state index >= 15 is 0 Å². The molecule has 1 amide bonds. The number of piperidine rings is 1. The second-order valence-electron chi connectivity index (χ2n) is 7.54. The second-order valence-corrected chi connectivity index (χ2v) is 9.85. The molecular formula is C21H22ClF3N2O4S. The molecule has 0 spiro atoms. The maximum absolute atomic E-state index is 13.2. The first-order valence-corrected chi connectivity index (χ1v) is 11.6. The molecule has 1 aliphatic heterocycles. The Kier molecular flexibility index (Phi) is 7.06. The molecule has 0 aliphatic carbocycles. The van der Waals surface area contributed by atoms with E-state index in [1.165, 1.54) is 17.5 Å². The van der Waals surface area contributed by atoms with Crippen LogP contribution in [0.5, 0.6) is 5.75 Å². The lowest BCUT2D eigenvalue weighted by Crippen LogP contribution is -2.43. The van der Waals surface area contributed by atoms with Crippen LogP contribution < -0.4 is 10.1 Å². The monoisotopic (exact) mass is 490 g/mol. The van der Waals surface area contributed by atoms with Crippen LogP contribution in [0.2, 0.25) is 5.02 Å². The molecule has 1 heterocycles. The largest absolute Gasteiger partial charge is 0.495 e. The van der Waals surface area contributed by atoms with E-state index in [1.54, 1.807) is 19.1 Å². The van der Waals surface area contributed by atoms with Crippen molar-refractivity contribution in [3.8, 4) is 5.75 Å². The molecular weight excluding hydrogens is 469 g/mol. The summed E-state index contributed by atoms with van der Waals surface area (Å²) in [5, 5.41) is 2.37. The van der Waals surface area contributed by atoms with Gasteiger partial charge >= 0.3 is 6.18 Å². The molecule has 11 heteroatoms. The van der Waals surface area contributed by atoms with Gasteiger partial charge in [0.2, 0.25) is 15.9 Å². The van der Waals surface area contributed by atoms with Crippen LogP contribution in [-0.4, -0.2) is 38.8 Å². The smallest absolute Gasteiger partial charge is 0.416 e. The Hall–Kier alpha value is -2.30. The predicted octanol–water partition coefficient (Wildman–Crippen LogP) is 4.72. The number of carbonyl (C=O) groups excluding carboxylic acids is 1. The molecule has 1 N–H and O–H groups in total. The number of hydrogen-bond acceptors (Lipinski definition) is 4. The third-order valence-electron chi connectivity index (χ3n) is 5.24. The van der Waals surface area contributed by atoms with E-state index in [2.05, 4.69) is 5.32 Å². The van der Waals surface area contributed by atoms with Gasteiger partial charge < -0.3 is 10.1 Å². The number of nitrogens with one attached hydrogen (secondary N) is 1. The van der Waals surface area contributed by atoms with Crippen LogP contribution in [0.4, 0.5) is 18.9 Å². The Morgan fingerprint density at radius 3 is 2.59 bits per heavy atom. The van der Waals surface area contributed by atoms with Crippen molar-refractivity contribution >= 4 is 33.2 Å². The second kappa shape index (κ2) is 9.29. The molecule has 1 saturated heterocycles. The summed E-state index contributed by atoms with van der Waals surface area (Å²) in [6, 6.07) is 7.42. The van der Waals surface area contributed by atoms with E-state index in [4.69, 9.17) is 16.3 Å². The van der Waals surface area contributed by atoms with Gasteiger partial charge in [0.15, 0.2) is 0 Å². The zero-order valence-electron chi connectivity index (χ0n) is 17.4. The summed E-state index contributed by atoms with van der Waals surface area (Å²) >= 11 is 5.96. The average molecular weight is 491 g/mol. The van der Waals surface area contributed by atoms with Crippen molar-refractivity contribution in [2.75, 3.05) is 25.5 Å². The average Bonchev–Trinajstić information content (AvgIpc) is 2.74. The van der Waals surface area contributed by atoms with Crippen molar-refractivity contribution in [1.82, 2.24) is 4.31 Å². The van der Waals surface area contributed by atoms with Crippen molar-refractivity contribution in [3.63, 3.8) is 0 Å². The third-order valence-corrected chi connectivity index (χ3v) is 7.46. The highest BCUT2D eigenvalue weighted by Gasteiger charge is 2.36. The Bertz CT molecular complexity index is 1120. The van der Waals surface area contributed by atoms with E-state index in [0.717, 1.165) is 23.8 Å². The number of rotatable bonds is 5. The van der Waals surface area contributed by atoms with E-state index in [1.807, 2.05) is 0 Å². The highest BCUT2D eigenvalue weighted by Crippen LogP contribution is 2.35. The van der Waals surface area contributed by atoms with E-state index in [9.17, 15) is 26.4 Å². The van der Waals surface area contributed by atoms with E-state index in [0.29, 0.717) is 12.8 Å². The number of nitrogens with zero attached hydrogens (tertiary/aromatic N) is 1. The number of alkyl halides is 3. The maximum Gasteiger partial charge on any atom is 0.416 e. The quantitative estimate of drug-likeness (QED) is 0.658. The number of benzene rings is 2. The number of aryl methyl sites for hydroxylation is 1. The molecule has 1 aliphatic rings. The van der Waals surface area contributed by atoms with Gasteiger partial charge in [-0.3, -0.25) is 4.79 Å². The number of carbonyl (C=O) groups is 1. The number of methoxy groups -OCH3 is 1. The van der Waals surface area contributed by atoms with Crippen molar-refractivity contribution in [2.45, 2.75) is 30.8 Å². The van der Waals surface area contributed by atoms with Crippen LogP contribution in [0, 0.1) is 12.8 Å². The minimum absolute atomic E-state index is 0.00183. The van der Waals surface area contributed by atoms with Gasteiger partial charge in [-0.25, -0.2) is 8.42 Å². The lowest BCUT2D eigenvalue weighted by atomic mass is 9.98. The van der Waals surface area contributed by atoms with Gasteiger partial charge in [-0.15, -0.1) is 0 Å². The van der Waals surface area contributed by atoms with Crippen LogP contribution in [0.1, 0.15) is 24.0 Å². The SMILES string of the molecule is COc1ccc(C)cc1S(=O)(=O)N1CCC[C@H](C(=O)Nc2cc(C(F)(F)F)ccc2Cl)C1. The van der Waals surface area contributed by atoms with Crippen LogP contribution in [0.3, 0.4) is 0 Å². The lowest BCUT2D eigenvalue weighted by molar-refractivity contribution is -0.137. The zero-order valence-corrected chi connectivity index (χ0v) is 18.9. The fourth-order valence-corrected chi connectivity index (χ4v) is 5.46. The Morgan fingerprint density at radius 2 is 1.94 bits per heavy atom. The number of anilines is 1. The Morgan fingerprint density at radius 1 is 1.22 bits per heavy atom. The predicted molar refractivity (Wildman–Crippen MR) is 114 cm³/mol. The molecule has 3 rings (SSSR count). The molecule has 0 saturated carbocycles. The number of ether oxygens (including phenoxy) is 1. The summed E-state index contributed by atoms with van der Waals surface area (Å²) in [4.78, 5) is 12.8. The maximum atomic E-state index is 13.2. The lowest BCUT2D eigenvalue weighted by Gasteiger charge is -2.31. The summed E-state index contributed by atoms with van der Waals surface area (Å²) < 4.78 is 71.8. The molecule has 0 aromatic heterocycles. The van der Waals surface area contributed by atoms with Crippen molar-refractivity contribution in [2.24, 2.45) is 5.92 Å².